The number of hydrogen-bond acceptors (Lipinski definition) is 6. The molecule has 32 heavy (non-hydrogen) atoms. The van der Waals surface area contributed by atoms with Gasteiger partial charge in [-0.05, 0) is 48.9 Å². The maximum absolute atomic E-state index is 12.6. The van der Waals surface area contributed by atoms with Gasteiger partial charge < -0.3 is 18.5 Å². The number of carbonyl (C=O) groups excluding carboxylic acids is 1. The zero-order chi connectivity index (χ0) is 22.5. The topological polar surface area (TPSA) is 90.9 Å². The molecule has 0 bridgehead atoms. The Morgan fingerprint density at radius 3 is 2.69 bits per heavy atom. The Balaban J connectivity index is 1.56. The van der Waals surface area contributed by atoms with Crippen LogP contribution in [0.3, 0.4) is 0 Å². The number of nitrogens with zero attached hydrogens (tertiary/aromatic N) is 3. The van der Waals surface area contributed by atoms with E-state index in [1.165, 1.54) is 6.21 Å². The van der Waals surface area contributed by atoms with Crippen molar-refractivity contribution in [1.82, 2.24) is 15.0 Å². The summed E-state index contributed by atoms with van der Waals surface area (Å²) in [5.41, 5.74) is 5.25. The fraction of sp³-hybridized carbons (Fsp3) is 0.208. The fourth-order valence-electron chi connectivity index (χ4n) is 3.48. The predicted molar refractivity (Wildman–Crippen MR) is 121 cm³/mol. The molecule has 1 N–H and O–H groups in total. The minimum absolute atomic E-state index is 0.0810. The van der Waals surface area contributed by atoms with Gasteiger partial charge in [-0.1, -0.05) is 18.2 Å². The van der Waals surface area contributed by atoms with E-state index >= 15 is 0 Å². The summed E-state index contributed by atoms with van der Waals surface area (Å²) in [6.07, 6.45) is 2.00. The maximum Gasteiger partial charge on any atom is 0.260 e. The summed E-state index contributed by atoms with van der Waals surface area (Å²) in [6, 6.07) is 17.1. The third-order valence-corrected chi connectivity index (χ3v) is 4.99. The van der Waals surface area contributed by atoms with Crippen LogP contribution in [0.2, 0.25) is 0 Å². The van der Waals surface area contributed by atoms with Gasteiger partial charge >= 0.3 is 0 Å². The normalized spacial score (nSPS) is 11.2. The highest BCUT2D eigenvalue weighted by molar-refractivity contribution is 5.82. The van der Waals surface area contributed by atoms with Crippen molar-refractivity contribution in [2.75, 3.05) is 14.2 Å². The number of hydrogen-bond donors (Lipinski definition) is 1. The number of ether oxygens (including phenoxy) is 2. The minimum Gasteiger partial charge on any atom is -0.493 e. The number of carbonyl (C=O) groups is 1. The monoisotopic (exact) mass is 432 g/mol. The molecule has 0 aliphatic carbocycles. The second kappa shape index (κ2) is 9.38. The molecule has 0 saturated carbocycles. The first-order valence-corrected chi connectivity index (χ1v) is 10.1. The smallest absolute Gasteiger partial charge is 0.260 e. The van der Waals surface area contributed by atoms with Crippen molar-refractivity contribution in [2.24, 2.45) is 5.10 Å². The molecule has 2 aromatic carbocycles. The van der Waals surface area contributed by atoms with Crippen molar-refractivity contribution in [3.05, 3.63) is 77.5 Å². The highest BCUT2D eigenvalue weighted by Gasteiger charge is 2.15. The Hall–Kier alpha value is -4.07. The number of fused-ring (bicyclic) bond motifs is 1. The van der Waals surface area contributed by atoms with Crippen LogP contribution in [0.4, 0.5) is 0 Å². The van der Waals surface area contributed by atoms with E-state index in [1.54, 1.807) is 20.3 Å². The molecular weight excluding hydrogens is 408 g/mol. The van der Waals surface area contributed by atoms with E-state index in [2.05, 4.69) is 10.5 Å². The Labute approximate surface area is 185 Å². The standard InChI is InChI=1S/C24H24N4O4/c1-16-8-10-18(32-16)14-25-27-24(29)15-28-20-7-5-4-6-19(20)26-23(28)13-17-9-11-21(30-2)22(12-17)31-3/h4-12,14H,13,15H2,1-3H3,(H,27,29). The first kappa shape index (κ1) is 21.2. The van der Waals surface area contributed by atoms with Gasteiger partial charge in [0.1, 0.15) is 23.9 Å². The summed E-state index contributed by atoms with van der Waals surface area (Å²) in [5.74, 6) is 3.16. The van der Waals surface area contributed by atoms with Crippen LogP contribution in [0, 0.1) is 6.92 Å². The van der Waals surface area contributed by atoms with Crippen molar-refractivity contribution < 1.29 is 18.7 Å². The summed E-state index contributed by atoms with van der Waals surface area (Å²) >= 11 is 0. The van der Waals surface area contributed by atoms with E-state index in [9.17, 15) is 4.79 Å². The molecule has 0 saturated heterocycles. The average Bonchev–Trinajstić information content (AvgIpc) is 3.36. The number of methoxy groups -OCH3 is 2. The number of para-hydroxylation sites is 2. The third-order valence-electron chi connectivity index (χ3n) is 4.99. The number of amides is 1. The number of hydrazone groups is 1. The molecule has 164 valence electrons. The van der Waals surface area contributed by atoms with Crippen molar-refractivity contribution in [3.8, 4) is 11.5 Å². The molecule has 2 aromatic heterocycles. The number of furan rings is 1. The third kappa shape index (κ3) is 4.64. The molecule has 8 heteroatoms. The fourth-order valence-corrected chi connectivity index (χ4v) is 3.48. The van der Waals surface area contributed by atoms with Gasteiger partial charge in [0, 0.05) is 6.42 Å². The minimum atomic E-state index is -0.263. The summed E-state index contributed by atoms with van der Waals surface area (Å²) in [7, 11) is 3.21. The highest BCUT2D eigenvalue weighted by Crippen LogP contribution is 2.29. The van der Waals surface area contributed by atoms with Gasteiger partial charge in [0.05, 0.1) is 31.5 Å². The summed E-state index contributed by atoms with van der Waals surface area (Å²) < 4.78 is 18.0. The van der Waals surface area contributed by atoms with E-state index in [1.807, 2.05) is 60.0 Å². The Kier molecular flexibility index (Phi) is 6.21. The second-order valence-electron chi connectivity index (χ2n) is 7.21. The van der Waals surface area contributed by atoms with Crippen LogP contribution in [0.15, 0.2) is 64.1 Å². The lowest BCUT2D eigenvalue weighted by molar-refractivity contribution is -0.121. The lowest BCUT2D eigenvalue weighted by atomic mass is 10.1. The molecular formula is C24H24N4O4. The molecule has 0 unspecified atom stereocenters. The van der Waals surface area contributed by atoms with Gasteiger partial charge in [-0.15, -0.1) is 0 Å². The molecule has 1 amide bonds. The largest absolute Gasteiger partial charge is 0.493 e. The van der Waals surface area contributed by atoms with E-state index in [0.717, 1.165) is 28.2 Å². The number of imidazole rings is 1. The van der Waals surface area contributed by atoms with Gasteiger partial charge in [0.25, 0.3) is 5.91 Å². The first-order chi connectivity index (χ1) is 15.6. The van der Waals surface area contributed by atoms with Crippen molar-refractivity contribution in [1.29, 1.82) is 0 Å². The highest BCUT2D eigenvalue weighted by atomic mass is 16.5. The number of aromatic nitrogens is 2. The van der Waals surface area contributed by atoms with E-state index in [0.29, 0.717) is 23.7 Å². The van der Waals surface area contributed by atoms with Crippen LogP contribution in [-0.2, 0) is 17.8 Å². The molecule has 8 nitrogen and oxygen atoms in total. The van der Waals surface area contributed by atoms with Gasteiger partial charge in [-0.25, -0.2) is 10.4 Å². The lowest BCUT2D eigenvalue weighted by Crippen LogP contribution is -2.24. The number of nitrogens with one attached hydrogen (secondary N) is 1. The van der Waals surface area contributed by atoms with E-state index < -0.39 is 0 Å². The van der Waals surface area contributed by atoms with Gasteiger partial charge in [0.2, 0.25) is 0 Å². The molecule has 4 rings (SSSR count). The van der Waals surface area contributed by atoms with Crippen LogP contribution >= 0.6 is 0 Å². The Morgan fingerprint density at radius 1 is 1.12 bits per heavy atom. The average molecular weight is 432 g/mol. The summed E-state index contributed by atoms with van der Waals surface area (Å²) in [4.78, 5) is 17.3. The van der Waals surface area contributed by atoms with Crippen molar-refractivity contribution in [2.45, 2.75) is 19.9 Å². The predicted octanol–water partition coefficient (Wildman–Crippen LogP) is 3.70. The van der Waals surface area contributed by atoms with E-state index in [-0.39, 0.29) is 12.5 Å². The van der Waals surface area contributed by atoms with Crippen LogP contribution in [0.1, 0.15) is 22.9 Å². The van der Waals surface area contributed by atoms with Gasteiger partial charge in [0.15, 0.2) is 11.5 Å². The summed E-state index contributed by atoms with van der Waals surface area (Å²) in [6.45, 7) is 1.93. The Morgan fingerprint density at radius 2 is 1.94 bits per heavy atom. The van der Waals surface area contributed by atoms with Crippen LogP contribution in [0.25, 0.3) is 11.0 Å². The second-order valence-corrected chi connectivity index (χ2v) is 7.21. The molecule has 0 radical (unpaired) electrons. The van der Waals surface area contributed by atoms with E-state index in [4.69, 9.17) is 18.9 Å². The zero-order valence-electron chi connectivity index (χ0n) is 18.2. The number of benzene rings is 2. The molecule has 0 atom stereocenters. The lowest BCUT2D eigenvalue weighted by Gasteiger charge is -2.11. The van der Waals surface area contributed by atoms with Crippen molar-refractivity contribution >= 4 is 23.2 Å². The SMILES string of the molecule is COc1ccc(Cc2nc3ccccc3n2CC(=O)NN=Cc2ccc(C)o2)cc1OC. The zero-order valence-corrected chi connectivity index (χ0v) is 18.2. The summed E-state index contributed by atoms with van der Waals surface area (Å²) in [5, 5.41) is 3.99. The molecule has 0 fully saturated rings. The van der Waals surface area contributed by atoms with Gasteiger partial charge in [-0.3, -0.25) is 4.79 Å². The number of rotatable bonds is 8. The first-order valence-electron chi connectivity index (χ1n) is 10.1. The molecule has 0 aliphatic rings. The van der Waals surface area contributed by atoms with Crippen LogP contribution < -0.4 is 14.9 Å². The molecule has 4 aromatic rings. The Bertz CT molecular complexity index is 1270. The van der Waals surface area contributed by atoms with Crippen molar-refractivity contribution in [3.63, 3.8) is 0 Å². The quantitative estimate of drug-likeness (QED) is 0.339. The van der Waals surface area contributed by atoms with Crippen LogP contribution in [-0.4, -0.2) is 35.9 Å². The number of aryl methyl sites for hydroxylation is 1. The molecule has 2 heterocycles. The van der Waals surface area contributed by atoms with Crippen LogP contribution in [0.5, 0.6) is 11.5 Å². The maximum atomic E-state index is 12.6. The molecule has 0 spiro atoms. The van der Waals surface area contributed by atoms with Gasteiger partial charge in [-0.2, -0.15) is 5.10 Å². The molecule has 0 aliphatic heterocycles.